The van der Waals surface area contributed by atoms with Crippen LogP contribution in [-0.2, 0) is 16.4 Å². The Balaban J connectivity index is 2.46. The number of anilines is 2. The zero-order chi connectivity index (χ0) is 14.8. The Hall–Kier alpha value is -2.08. The number of aromatic nitrogens is 1. The van der Waals surface area contributed by atoms with Gasteiger partial charge in [0, 0.05) is 11.9 Å². The van der Waals surface area contributed by atoms with E-state index in [1.54, 1.807) is 37.4 Å². The summed E-state index contributed by atoms with van der Waals surface area (Å²) in [5, 5.41) is 0. The van der Waals surface area contributed by atoms with Gasteiger partial charge in [-0.15, -0.1) is 0 Å². The van der Waals surface area contributed by atoms with Gasteiger partial charge in [-0.2, -0.15) is 0 Å². The molecule has 1 heterocycles. The van der Waals surface area contributed by atoms with Crippen LogP contribution < -0.4 is 10.5 Å². The Labute approximate surface area is 118 Å². The van der Waals surface area contributed by atoms with E-state index in [-0.39, 0.29) is 4.90 Å². The van der Waals surface area contributed by atoms with Crippen LogP contribution in [0.2, 0.25) is 0 Å². The van der Waals surface area contributed by atoms with E-state index in [0.29, 0.717) is 17.9 Å². The van der Waals surface area contributed by atoms with Gasteiger partial charge in [-0.05, 0) is 42.7 Å². The molecular weight excluding hydrogens is 274 g/mol. The molecule has 0 fully saturated rings. The lowest BCUT2D eigenvalue weighted by Gasteiger charge is -2.12. The number of hydrogen-bond donors (Lipinski definition) is 2. The highest BCUT2D eigenvalue weighted by Crippen LogP contribution is 2.23. The van der Waals surface area contributed by atoms with Crippen molar-refractivity contribution < 1.29 is 8.42 Å². The van der Waals surface area contributed by atoms with Crippen LogP contribution in [0.5, 0.6) is 0 Å². The van der Waals surface area contributed by atoms with Gasteiger partial charge in [0.1, 0.15) is 5.82 Å². The van der Waals surface area contributed by atoms with Crippen LogP contribution in [0.3, 0.4) is 0 Å². The standard InChI is InChI=1S/C14H17N3O2S/c1-3-11-6-7-12(15)9-13(11)20(18,19)17-14-10(2)5-4-8-16-14/h4-9H,3,15H2,1-2H3,(H,16,17). The third kappa shape index (κ3) is 2.91. The summed E-state index contributed by atoms with van der Waals surface area (Å²) in [5.41, 5.74) is 7.60. The fourth-order valence-electron chi connectivity index (χ4n) is 1.89. The van der Waals surface area contributed by atoms with Gasteiger partial charge in [0.05, 0.1) is 4.90 Å². The molecule has 2 aromatic rings. The smallest absolute Gasteiger partial charge is 0.263 e. The lowest BCUT2D eigenvalue weighted by Crippen LogP contribution is -2.16. The second-order valence-corrected chi connectivity index (χ2v) is 6.15. The van der Waals surface area contributed by atoms with Crippen LogP contribution in [0.25, 0.3) is 0 Å². The van der Waals surface area contributed by atoms with Crippen LogP contribution in [0.4, 0.5) is 11.5 Å². The predicted octanol–water partition coefficient (Wildman–Crippen LogP) is 2.34. The molecule has 0 spiro atoms. The first kappa shape index (κ1) is 14.3. The van der Waals surface area contributed by atoms with Crippen LogP contribution in [0.15, 0.2) is 41.4 Å². The summed E-state index contributed by atoms with van der Waals surface area (Å²) in [5.74, 6) is 0.331. The summed E-state index contributed by atoms with van der Waals surface area (Å²) < 4.78 is 27.5. The minimum Gasteiger partial charge on any atom is -0.399 e. The summed E-state index contributed by atoms with van der Waals surface area (Å²) in [6.45, 7) is 3.70. The average Bonchev–Trinajstić information content (AvgIpc) is 2.41. The lowest BCUT2D eigenvalue weighted by atomic mass is 10.1. The number of sulfonamides is 1. The van der Waals surface area contributed by atoms with E-state index >= 15 is 0 Å². The molecule has 0 atom stereocenters. The summed E-state index contributed by atoms with van der Waals surface area (Å²) in [7, 11) is -3.69. The zero-order valence-corrected chi connectivity index (χ0v) is 12.2. The molecule has 0 saturated heterocycles. The van der Waals surface area contributed by atoms with E-state index in [1.807, 2.05) is 6.92 Å². The first-order valence-electron chi connectivity index (χ1n) is 6.27. The Kier molecular flexibility index (Phi) is 3.94. The quantitative estimate of drug-likeness (QED) is 0.847. The van der Waals surface area contributed by atoms with Crippen molar-refractivity contribution >= 4 is 21.5 Å². The third-order valence-corrected chi connectivity index (χ3v) is 4.42. The molecule has 0 aliphatic heterocycles. The number of pyridine rings is 1. The number of benzene rings is 1. The van der Waals surface area contributed by atoms with E-state index in [4.69, 9.17) is 5.73 Å². The van der Waals surface area contributed by atoms with Gasteiger partial charge in [-0.25, -0.2) is 13.4 Å². The molecule has 1 aromatic carbocycles. The fraction of sp³-hybridized carbons (Fsp3) is 0.214. The van der Waals surface area contributed by atoms with Crippen LogP contribution in [0.1, 0.15) is 18.1 Å². The van der Waals surface area contributed by atoms with E-state index in [2.05, 4.69) is 9.71 Å². The maximum absolute atomic E-state index is 12.5. The summed E-state index contributed by atoms with van der Waals surface area (Å²) in [6, 6.07) is 8.45. The monoisotopic (exact) mass is 291 g/mol. The summed E-state index contributed by atoms with van der Waals surface area (Å²) in [6.07, 6.45) is 2.16. The maximum Gasteiger partial charge on any atom is 0.263 e. The van der Waals surface area contributed by atoms with Gasteiger partial charge < -0.3 is 5.73 Å². The van der Waals surface area contributed by atoms with Crippen LogP contribution in [-0.4, -0.2) is 13.4 Å². The Bertz CT molecular complexity index is 727. The molecule has 20 heavy (non-hydrogen) atoms. The Morgan fingerprint density at radius 1 is 1.30 bits per heavy atom. The number of nitrogens with two attached hydrogens (primary N) is 1. The van der Waals surface area contributed by atoms with Crippen LogP contribution >= 0.6 is 0 Å². The van der Waals surface area contributed by atoms with Crippen molar-refractivity contribution in [3.05, 3.63) is 47.7 Å². The summed E-state index contributed by atoms with van der Waals surface area (Å²) in [4.78, 5) is 4.24. The second-order valence-electron chi connectivity index (χ2n) is 4.50. The molecule has 1 aromatic heterocycles. The largest absolute Gasteiger partial charge is 0.399 e. The van der Waals surface area contributed by atoms with Crippen molar-refractivity contribution in [3.63, 3.8) is 0 Å². The second kappa shape index (κ2) is 5.50. The molecule has 106 valence electrons. The average molecular weight is 291 g/mol. The number of nitrogens with zero attached hydrogens (tertiary/aromatic N) is 1. The van der Waals surface area contributed by atoms with Gasteiger partial charge in [-0.1, -0.05) is 19.1 Å². The Morgan fingerprint density at radius 2 is 2.05 bits per heavy atom. The molecule has 0 amide bonds. The minimum atomic E-state index is -3.69. The molecule has 0 bridgehead atoms. The Morgan fingerprint density at radius 3 is 2.70 bits per heavy atom. The molecule has 6 heteroatoms. The normalized spacial score (nSPS) is 11.3. The number of nitrogens with one attached hydrogen (secondary N) is 1. The van der Waals surface area contributed by atoms with Gasteiger partial charge in [0.15, 0.2) is 0 Å². The molecule has 0 aliphatic carbocycles. The summed E-state index contributed by atoms with van der Waals surface area (Å²) >= 11 is 0. The van der Waals surface area contributed by atoms with Gasteiger partial charge >= 0.3 is 0 Å². The van der Waals surface area contributed by atoms with Gasteiger partial charge in [0.25, 0.3) is 10.0 Å². The predicted molar refractivity (Wildman–Crippen MR) is 80.0 cm³/mol. The molecule has 0 aliphatic rings. The molecular formula is C14H17N3O2S. The van der Waals surface area contributed by atoms with Crippen molar-refractivity contribution in [3.8, 4) is 0 Å². The molecule has 2 rings (SSSR count). The molecule has 0 unspecified atom stereocenters. The van der Waals surface area contributed by atoms with E-state index in [1.165, 1.54) is 6.07 Å². The van der Waals surface area contributed by atoms with Crippen molar-refractivity contribution in [2.45, 2.75) is 25.2 Å². The first-order chi connectivity index (χ1) is 9.44. The zero-order valence-electron chi connectivity index (χ0n) is 11.4. The SMILES string of the molecule is CCc1ccc(N)cc1S(=O)(=O)Nc1ncccc1C. The molecule has 3 N–H and O–H groups in total. The van der Waals surface area contributed by atoms with Crippen molar-refractivity contribution in [1.29, 1.82) is 0 Å². The minimum absolute atomic E-state index is 0.199. The van der Waals surface area contributed by atoms with E-state index in [0.717, 1.165) is 11.1 Å². The topological polar surface area (TPSA) is 85.1 Å². The van der Waals surface area contributed by atoms with Gasteiger partial charge in [-0.3, -0.25) is 4.72 Å². The van der Waals surface area contributed by atoms with Crippen molar-refractivity contribution in [2.24, 2.45) is 0 Å². The highest BCUT2D eigenvalue weighted by Gasteiger charge is 2.19. The number of rotatable bonds is 4. The number of aryl methyl sites for hydroxylation is 2. The molecule has 5 nitrogen and oxygen atoms in total. The van der Waals surface area contributed by atoms with E-state index in [9.17, 15) is 8.42 Å². The first-order valence-corrected chi connectivity index (χ1v) is 7.75. The van der Waals surface area contributed by atoms with Gasteiger partial charge in [0.2, 0.25) is 0 Å². The molecule has 0 radical (unpaired) electrons. The number of hydrogen-bond acceptors (Lipinski definition) is 4. The lowest BCUT2D eigenvalue weighted by molar-refractivity contribution is 0.600. The molecule has 0 saturated carbocycles. The highest BCUT2D eigenvalue weighted by molar-refractivity contribution is 7.92. The van der Waals surface area contributed by atoms with E-state index < -0.39 is 10.0 Å². The fourth-order valence-corrected chi connectivity index (χ4v) is 3.32. The number of nitrogen functional groups attached to an aromatic ring is 1. The maximum atomic E-state index is 12.5. The highest BCUT2D eigenvalue weighted by atomic mass is 32.2. The van der Waals surface area contributed by atoms with Crippen LogP contribution in [0, 0.1) is 6.92 Å². The van der Waals surface area contributed by atoms with Crippen molar-refractivity contribution in [1.82, 2.24) is 4.98 Å². The third-order valence-electron chi connectivity index (χ3n) is 3.00. The van der Waals surface area contributed by atoms with Crippen molar-refractivity contribution in [2.75, 3.05) is 10.5 Å².